The molecule has 0 aromatic carbocycles. The number of thiazole rings is 1. The fourth-order valence-corrected chi connectivity index (χ4v) is 4.38. The minimum absolute atomic E-state index is 0.157. The van der Waals surface area contributed by atoms with Gasteiger partial charge in [0.15, 0.2) is 0 Å². The molecule has 0 spiro atoms. The van der Waals surface area contributed by atoms with Crippen molar-refractivity contribution in [3.05, 3.63) is 16.1 Å². The van der Waals surface area contributed by atoms with Crippen molar-refractivity contribution in [2.45, 2.75) is 76.0 Å². The first-order valence-corrected chi connectivity index (χ1v) is 8.50. The Morgan fingerprint density at radius 1 is 1.16 bits per heavy atom. The monoisotopic (exact) mass is 280 g/mol. The summed E-state index contributed by atoms with van der Waals surface area (Å²) in [5.74, 6) is 0.721. The maximum absolute atomic E-state index is 9.95. The van der Waals surface area contributed by atoms with E-state index in [4.69, 9.17) is 0 Å². The minimum Gasteiger partial charge on any atom is -0.392 e. The molecule has 0 radical (unpaired) electrons. The van der Waals surface area contributed by atoms with E-state index in [0.29, 0.717) is 0 Å². The molecular weight excluding hydrogens is 256 g/mol. The number of nitrogens with zero attached hydrogens (tertiary/aromatic N) is 1. The Kier molecular flexibility index (Phi) is 4.51. The van der Waals surface area contributed by atoms with Crippen LogP contribution >= 0.6 is 11.3 Å². The molecule has 2 fully saturated rings. The Morgan fingerprint density at radius 2 is 1.89 bits per heavy atom. The highest BCUT2D eigenvalue weighted by molar-refractivity contribution is 7.11. The van der Waals surface area contributed by atoms with Crippen LogP contribution in [0.1, 0.15) is 67.2 Å². The lowest BCUT2D eigenvalue weighted by Gasteiger charge is -2.28. The summed E-state index contributed by atoms with van der Waals surface area (Å²) in [7, 11) is 0. The SMILES string of the molecule is OC1CCCCC1NCc1cnc(C2CCCC2)s1. The van der Waals surface area contributed by atoms with Gasteiger partial charge >= 0.3 is 0 Å². The molecule has 19 heavy (non-hydrogen) atoms. The van der Waals surface area contributed by atoms with Crippen LogP contribution in [0.5, 0.6) is 0 Å². The molecule has 2 atom stereocenters. The van der Waals surface area contributed by atoms with E-state index < -0.39 is 0 Å². The standard InChI is InChI=1S/C15H24N2OS/c18-14-8-4-3-7-13(14)16-9-12-10-17-15(19-12)11-5-1-2-6-11/h10-11,13-14,16,18H,1-9H2. The second-order valence-corrected chi connectivity index (χ2v) is 7.13. The molecule has 2 saturated carbocycles. The van der Waals surface area contributed by atoms with Gasteiger partial charge in [0.2, 0.25) is 0 Å². The predicted molar refractivity (Wildman–Crippen MR) is 78.4 cm³/mol. The zero-order valence-corrected chi connectivity index (χ0v) is 12.3. The van der Waals surface area contributed by atoms with Crippen molar-refractivity contribution in [1.29, 1.82) is 0 Å². The number of aliphatic hydroxyl groups excluding tert-OH is 1. The van der Waals surface area contributed by atoms with Crippen LogP contribution in [-0.4, -0.2) is 22.2 Å². The molecular formula is C15H24N2OS. The predicted octanol–water partition coefficient (Wildman–Crippen LogP) is 3.19. The van der Waals surface area contributed by atoms with Gasteiger partial charge in [-0.25, -0.2) is 4.98 Å². The summed E-state index contributed by atoms with van der Waals surface area (Å²) in [4.78, 5) is 5.92. The van der Waals surface area contributed by atoms with Gasteiger partial charge in [-0.1, -0.05) is 25.7 Å². The van der Waals surface area contributed by atoms with Crippen molar-refractivity contribution < 1.29 is 5.11 Å². The van der Waals surface area contributed by atoms with Gasteiger partial charge in [0.25, 0.3) is 0 Å². The fourth-order valence-electron chi connectivity index (χ4n) is 3.35. The zero-order valence-electron chi connectivity index (χ0n) is 11.5. The van der Waals surface area contributed by atoms with Gasteiger partial charge in [0.05, 0.1) is 11.1 Å². The van der Waals surface area contributed by atoms with E-state index in [1.54, 1.807) is 0 Å². The molecule has 4 heteroatoms. The smallest absolute Gasteiger partial charge is 0.0959 e. The number of nitrogens with one attached hydrogen (secondary N) is 1. The third-order valence-electron chi connectivity index (χ3n) is 4.54. The highest BCUT2D eigenvalue weighted by Crippen LogP contribution is 2.36. The summed E-state index contributed by atoms with van der Waals surface area (Å²) in [6.07, 6.45) is 11.7. The summed E-state index contributed by atoms with van der Waals surface area (Å²) in [6.45, 7) is 0.867. The highest BCUT2D eigenvalue weighted by atomic mass is 32.1. The van der Waals surface area contributed by atoms with Crippen molar-refractivity contribution in [3.8, 4) is 0 Å². The molecule has 106 valence electrons. The molecule has 2 aliphatic carbocycles. The number of rotatable bonds is 4. The van der Waals surface area contributed by atoms with Crippen molar-refractivity contribution in [2.75, 3.05) is 0 Å². The number of hydrogen-bond donors (Lipinski definition) is 2. The summed E-state index contributed by atoms with van der Waals surface area (Å²) < 4.78 is 0. The van der Waals surface area contributed by atoms with Crippen LogP contribution < -0.4 is 5.32 Å². The molecule has 0 bridgehead atoms. The van der Waals surface area contributed by atoms with Crippen LogP contribution in [0.2, 0.25) is 0 Å². The Morgan fingerprint density at radius 3 is 2.68 bits per heavy atom. The van der Waals surface area contributed by atoms with Crippen LogP contribution in [-0.2, 0) is 6.54 Å². The van der Waals surface area contributed by atoms with Crippen molar-refractivity contribution in [2.24, 2.45) is 0 Å². The highest BCUT2D eigenvalue weighted by Gasteiger charge is 2.23. The largest absolute Gasteiger partial charge is 0.392 e. The van der Waals surface area contributed by atoms with E-state index in [-0.39, 0.29) is 12.1 Å². The third-order valence-corrected chi connectivity index (χ3v) is 5.70. The van der Waals surface area contributed by atoms with Gasteiger partial charge < -0.3 is 10.4 Å². The normalized spacial score (nSPS) is 28.9. The van der Waals surface area contributed by atoms with Crippen LogP contribution in [0.3, 0.4) is 0 Å². The number of hydrogen-bond acceptors (Lipinski definition) is 4. The van der Waals surface area contributed by atoms with Gasteiger partial charge in [0.1, 0.15) is 0 Å². The van der Waals surface area contributed by atoms with Crippen molar-refractivity contribution in [1.82, 2.24) is 10.3 Å². The number of aromatic nitrogens is 1. The zero-order chi connectivity index (χ0) is 13.1. The molecule has 1 aromatic rings. The van der Waals surface area contributed by atoms with Gasteiger partial charge in [-0.2, -0.15) is 0 Å². The Balaban J connectivity index is 1.52. The summed E-state index contributed by atoms with van der Waals surface area (Å²) >= 11 is 1.86. The van der Waals surface area contributed by atoms with Gasteiger partial charge in [0, 0.05) is 29.6 Å². The van der Waals surface area contributed by atoms with Gasteiger partial charge in [-0.3, -0.25) is 0 Å². The maximum Gasteiger partial charge on any atom is 0.0959 e. The second kappa shape index (κ2) is 6.33. The van der Waals surface area contributed by atoms with Gasteiger partial charge in [-0.05, 0) is 25.7 Å². The van der Waals surface area contributed by atoms with E-state index in [9.17, 15) is 5.11 Å². The molecule has 2 N–H and O–H groups in total. The molecule has 2 aliphatic rings. The number of aliphatic hydroxyl groups is 1. The summed E-state index contributed by atoms with van der Waals surface area (Å²) in [6, 6.07) is 0.283. The van der Waals surface area contributed by atoms with E-state index in [1.165, 1.54) is 48.4 Å². The Hall–Kier alpha value is -0.450. The lowest BCUT2D eigenvalue weighted by Crippen LogP contribution is -2.41. The van der Waals surface area contributed by atoms with Crippen LogP contribution in [0.25, 0.3) is 0 Å². The lowest BCUT2D eigenvalue weighted by molar-refractivity contribution is 0.0904. The first-order chi connectivity index (χ1) is 9.33. The van der Waals surface area contributed by atoms with E-state index in [0.717, 1.165) is 25.3 Å². The van der Waals surface area contributed by atoms with E-state index >= 15 is 0 Å². The van der Waals surface area contributed by atoms with Crippen LogP contribution in [0.15, 0.2) is 6.20 Å². The maximum atomic E-state index is 9.95. The molecule has 1 aromatic heterocycles. The second-order valence-electron chi connectivity index (χ2n) is 5.99. The molecule has 0 saturated heterocycles. The molecule has 3 rings (SSSR count). The quantitative estimate of drug-likeness (QED) is 0.890. The van der Waals surface area contributed by atoms with Crippen LogP contribution in [0.4, 0.5) is 0 Å². The first-order valence-electron chi connectivity index (χ1n) is 7.69. The Labute approximate surface area is 119 Å². The minimum atomic E-state index is -0.157. The summed E-state index contributed by atoms with van der Waals surface area (Å²) in [5.41, 5.74) is 0. The summed E-state index contributed by atoms with van der Waals surface area (Å²) in [5, 5.41) is 14.8. The Bertz CT molecular complexity index is 401. The van der Waals surface area contributed by atoms with E-state index in [1.807, 2.05) is 17.5 Å². The molecule has 2 unspecified atom stereocenters. The lowest BCUT2D eigenvalue weighted by atomic mass is 9.93. The molecule has 0 aliphatic heterocycles. The third kappa shape index (κ3) is 3.36. The fraction of sp³-hybridized carbons (Fsp3) is 0.800. The van der Waals surface area contributed by atoms with Crippen molar-refractivity contribution in [3.63, 3.8) is 0 Å². The molecule has 3 nitrogen and oxygen atoms in total. The van der Waals surface area contributed by atoms with E-state index in [2.05, 4.69) is 10.3 Å². The van der Waals surface area contributed by atoms with Gasteiger partial charge in [-0.15, -0.1) is 11.3 Å². The first kappa shape index (κ1) is 13.5. The van der Waals surface area contributed by atoms with Crippen LogP contribution in [0, 0.1) is 0 Å². The van der Waals surface area contributed by atoms with Crippen molar-refractivity contribution >= 4 is 11.3 Å². The molecule has 1 heterocycles. The average Bonchev–Trinajstić information content (AvgIpc) is 3.09. The average molecular weight is 280 g/mol. The topological polar surface area (TPSA) is 45.1 Å². The molecule has 0 amide bonds.